The van der Waals surface area contributed by atoms with Gasteiger partial charge in [-0.25, -0.2) is 9.67 Å². The van der Waals surface area contributed by atoms with E-state index in [1.807, 2.05) is 13.1 Å². The fraction of sp³-hybridized carbons (Fsp3) is 0.741. The maximum atomic E-state index is 13.2. The fourth-order valence-electron chi connectivity index (χ4n) is 6.19. The Morgan fingerprint density at radius 3 is 2.32 bits per heavy atom. The van der Waals surface area contributed by atoms with Crippen LogP contribution in [0.3, 0.4) is 0 Å². The number of nitrogens with one attached hydrogen (secondary N) is 1. The minimum atomic E-state index is -0.0582. The molecule has 5 rings (SSSR count). The zero-order valence-electron chi connectivity index (χ0n) is 21.0. The van der Waals surface area contributed by atoms with Crippen LogP contribution in [0.1, 0.15) is 87.5 Å². The van der Waals surface area contributed by atoms with Crippen LogP contribution in [-0.4, -0.2) is 64.3 Å². The molecular weight excluding hydrogens is 424 g/mol. The van der Waals surface area contributed by atoms with Crippen molar-refractivity contribution in [1.29, 1.82) is 0 Å². The van der Waals surface area contributed by atoms with Gasteiger partial charge in [-0.2, -0.15) is 5.10 Å². The third-order valence-electron chi connectivity index (χ3n) is 8.23. The predicted molar refractivity (Wildman–Crippen MR) is 137 cm³/mol. The van der Waals surface area contributed by atoms with Gasteiger partial charge in [0.05, 0.1) is 5.39 Å². The molecule has 2 saturated heterocycles. The smallest absolute Gasteiger partial charge is 0.272 e. The first-order valence-corrected chi connectivity index (χ1v) is 13.8. The van der Waals surface area contributed by atoms with Gasteiger partial charge in [-0.1, -0.05) is 38.5 Å². The number of carbonyl (C=O) groups is 1. The maximum absolute atomic E-state index is 13.2. The molecule has 0 spiro atoms. The standard InChI is InChI=1S/C27H42N6O/c1-31-26-23(12-13-24(29-26)33-16-8-3-2-4-9-17-33)25(30-31)27(34)28-22-14-18-32(19-15-22)20-21-10-6-5-7-11-21/h12-13,21-22H,2-11,14-20H2,1H3,(H,28,34). The molecule has 1 N–H and O–H groups in total. The largest absolute Gasteiger partial charge is 0.357 e. The minimum absolute atomic E-state index is 0.0582. The molecule has 2 aliphatic heterocycles. The highest BCUT2D eigenvalue weighted by molar-refractivity contribution is 6.04. The summed E-state index contributed by atoms with van der Waals surface area (Å²) in [6.45, 7) is 5.54. The molecule has 7 heteroatoms. The van der Waals surface area contributed by atoms with Gasteiger partial charge in [0.2, 0.25) is 0 Å². The van der Waals surface area contributed by atoms with Gasteiger partial charge in [0.1, 0.15) is 5.82 Å². The maximum Gasteiger partial charge on any atom is 0.272 e. The molecular formula is C27H42N6O. The zero-order chi connectivity index (χ0) is 23.3. The number of anilines is 1. The molecule has 0 bridgehead atoms. The van der Waals surface area contributed by atoms with E-state index in [-0.39, 0.29) is 11.9 Å². The molecule has 1 amide bonds. The molecule has 0 radical (unpaired) electrons. The number of piperidine rings is 1. The topological polar surface area (TPSA) is 66.3 Å². The van der Waals surface area contributed by atoms with Crippen LogP contribution in [0.25, 0.3) is 11.0 Å². The Balaban J connectivity index is 1.20. The molecule has 2 aromatic rings. The van der Waals surface area contributed by atoms with Gasteiger partial charge in [0, 0.05) is 45.8 Å². The van der Waals surface area contributed by atoms with Gasteiger partial charge >= 0.3 is 0 Å². The first-order valence-electron chi connectivity index (χ1n) is 13.8. The number of rotatable bonds is 5. The summed E-state index contributed by atoms with van der Waals surface area (Å²) in [5.74, 6) is 1.84. The summed E-state index contributed by atoms with van der Waals surface area (Å²) < 4.78 is 1.77. The Hall–Kier alpha value is -2.15. The van der Waals surface area contributed by atoms with Crippen LogP contribution in [0, 0.1) is 5.92 Å². The number of pyridine rings is 1. The van der Waals surface area contributed by atoms with Crippen molar-refractivity contribution in [2.45, 2.75) is 83.1 Å². The summed E-state index contributed by atoms with van der Waals surface area (Å²) in [5, 5.41) is 8.71. The monoisotopic (exact) mass is 466 g/mol. The van der Waals surface area contributed by atoms with Crippen LogP contribution in [0.15, 0.2) is 12.1 Å². The lowest BCUT2D eigenvalue weighted by molar-refractivity contribution is 0.0897. The van der Waals surface area contributed by atoms with Crippen LogP contribution < -0.4 is 10.2 Å². The number of amides is 1. The molecule has 0 aromatic carbocycles. The van der Waals surface area contributed by atoms with Crippen molar-refractivity contribution in [2.24, 2.45) is 13.0 Å². The summed E-state index contributed by atoms with van der Waals surface area (Å²) >= 11 is 0. The Labute approximate surface area is 204 Å². The third-order valence-corrected chi connectivity index (χ3v) is 8.23. The van der Waals surface area contributed by atoms with Crippen molar-refractivity contribution in [1.82, 2.24) is 25.0 Å². The first-order chi connectivity index (χ1) is 16.7. The molecule has 4 heterocycles. The van der Waals surface area contributed by atoms with Crippen LogP contribution >= 0.6 is 0 Å². The Kier molecular flexibility index (Phi) is 7.67. The number of hydrogen-bond donors (Lipinski definition) is 1. The number of fused-ring (bicyclic) bond motifs is 1. The summed E-state index contributed by atoms with van der Waals surface area (Å²) in [7, 11) is 1.90. The number of likely N-dealkylation sites (tertiary alicyclic amines) is 1. The predicted octanol–water partition coefficient (Wildman–Crippen LogP) is 4.51. The Morgan fingerprint density at radius 1 is 0.912 bits per heavy atom. The average Bonchev–Trinajstić information content (AvgIpc) is 3.17. The number of nitrogens with zero attached hydrogens (tertiary/aromatic N) is 5. The van der Waals surface area contributed by atoms with Gasteiger partial charge in [-0.3, -0.25) is 4.79 Å². The summed E-state index contributed by atoms with van der Waals surface area (Å²) in [6.07, 6.45) is 15.5. The number of aryl methyl sites for hydroxylation is 1. The van der Waals surface area contributed by atoms with E-state index in [2.05, 4.69) is 26.3 Å². The normalized spacial score (nSPS) is 22.0. The lowest BCUT2D eigenvalue weighted by Gasteiger charge is -2.35. The molecule has 34 heavy (non-hydrogen) atoms. The second kappa shape index (κ2) is 11.1. The van der Waals surface area contributed by atoms with Gasteiger partial charge in [0.15, 0.2) is 11.3 Å². The van der Waals surface area contributed by atoms with E-state index in [1.165, 1.54) is 70.8 Å². The highest BCUT2D eigenvalue weighted by atomic mass is 16.2. The van der Waals surface area contributed by atoms with Crippen molar-refractivity contribution in [3.05, 3.63) is 17.8 Å². The van der Waals surface area contributed by atoms with E-state index in [9.17, 15) is 4.79 Å². The van der Waals surface area contributed by atoms with Crippen LogP contribution in [0.5, 0.6) is 0 Å². The lowest BCUT2D eigenvalue weighted by atomic mass is 9.88. The van der Waals surface area contributed by atoms with E-state index in [0.717, 1.165) is 61.8 Å². The molecule has 7 nitrogen and oxygen atoms in total. The minimum Gasteiger partial charge on any atom is -0.357 e. The average molecular weight is 467 g/mol. The Morgan fingerprint density at radius 2 is 1.59 bits per heavy atom. The van der Waals surface area contributed by atoms with Gasteiger partial charge < -0.3 is 15.1 Å². The summed E-state index contributed by atoms with van der Waals surface area (Å²) in [4.78, 5) is 23.1. The molecule has 0 unspecified atom stereocenters. The van der Waals surface area contributed by atoms with Crippen molar-refractivity contribution >= 4 is 22.8 Å². The highest BCUT2D eigenvalue weighted by Gasteiger charge is 2.26. The molecule has 1 aliphatic carbocycles. The zero-order valence-corrected chi connectivity index (χ0v) is 21.0. The molecule has 186 valence electrons. The second-order valence-corrected chi connectivity index (χ2v) is 10.8. The third kappa shape index (κ3) is 5.56. The molecule has 1 saturated carbocycles. The van der Waals surface area contributed by atoms with E-state index < -0.39 is 0 Å². The second-order valence-electron chi connectivity index (χ2n) is 10.8. The number of hydrogen-bond acceptors (Lipinski definition) is 5. The SMILES string of the molecule is Cn1nc(C(=O)NC2CCN(CC3CCCCC3)CC2)c2ccc(N3CCCCCCC3)nc21. The number of aromatic nitrogens is 3. The first kappa shape index (κ1) is 23.6. The van der Waals surface area contributed by atoms with Crippen LogP contribution in [0.4, 0.5) is 5.82 Å². The van der Waals surface area contributed by atoms with E-state index in [0.29, 0.717) is 5.69 Å². The quantitative estimate of drug-likeness (QED) is 0.702. The highest BCUT2D eigenvalue weighted by Crippen LogP contribution is 2.26. The van der Waals surface area contributed by atoms with E-state index in [4.69, 9.17) is 4.98 Å². The summed E-state index contributed by atoms with van der Waals surface area (Å²) in [5.41, 5.74) is 1.31. The van der Waals surface area contributed by atoms with E-state index in [1.54, 1.807) is 4.68 Å². The molecule has 0 atom stereocenters. The van der Waals surface area contributed by atoms with Crippen molar-refractivity contribution in [2.75, 3.05) is 37.6 Å². The van der Waals surface area contributed by atoms with Crippen LogP contribution in [0.2, 0.25) is 0 Å². The van der Waals surface area contributed by atoms with E-state index >= 15 is 0 Å². The Bertz CT molecular complexity index is 949. The molecule has 3 fully saturated rings. The fourth-order valence-corrected chi connectivity index (χ4v) is 6.19. The van der Waals surface area contributed by atoms with Gasteiger partial charge in [-0.05, 0) is 56.6 Å². The van der Waals surface area contributed by atoms with Gasteiger partial charge in [-0.15, -0.1) is 0 Å². The van der Waals surface area contributed by atoms with Crippen molar-refractivity contribution in [3.8, 4) is 0 Å². The summed E-state index contributed by atoms with van der Waals surface area (Å²) in [6, 6.07) is 4.36. The molecule has 3 aliphatic rings. The van der Waals surface area contributed by atoms with Gasteiger partial charge in [0.25, 0.3) is 5.91 Å². The lowest BCUT2D eigenvalue weighted by Crippen LogP contribution is -2.46. The number of carbonyl (C=O) groups excluding carboxylic acids is 1. The van der Waals surface area contributed by atoms with Crippen molar-refractivity contribution < 1.29 is 4.79 Å². The van der Waals surface area contributed by atoms with Crippen LogP contribution in [-0.2, 0) is 7.05 Å². The molecule has 2 aromatic heterocycles. The van der Waals surface area contributed by atoms with Crippen molar-refractivity contribution in [3.63, 3.8) is 0 Å².